The number of hydrogen-bond donors (Lipinski definition) is 2. The van der Waals surface area contributed by atoms with Crippen LogP contribution in [0.2, 0.25) is 0 Å². The summed E-state index contributed by atoms with van der Waals surface area (Å²) in [6, 6.07) is 3.97. The second-order valence-electron chi connectivity index (χ2n) is 7.23. The Morgan fingerprint density at radius 2 is 2.07 bits per heavy atom. The molecule has 3 aromatic rings. The van der Waals surface area contributed by atoms with Crippen LogP contribution >= 0.6 is 0 Å². The Bertz CT molecular complexity index is 962. The molecule has 1 aliphatic carbocycles. The third-order valence-corrected chi connectivity index (χ3v) is 5.36. The van der Waals surface area contributed by atoms with Gasteiger partial charge in [0.05, 0.1) is 18.4 Å². The minimum absolute atomic E-state index is 0.362. The summed E-state index contributed by atoms with van der Waals surface area (Å²) in [5.74, 6) is 0.598. The van der Waals surface area contributed by atoms with Gasteiger partial charge in [0.1, 0.15) is 17.2 Å². The van der Waals surface area contributed by atoms with Gasteiger partial charge in [0.25, 0.3) is 0 Å². The van der Waals surface area contributed by atoms with E-state index < -0.39 is 0 Å². The third-order valence-electron chi connectivity index (χ3n) is 5.36. The predicted molar refractivity (Wildman–Crippen MR) is 104 cm³/mol. The Labute approximate surface area is 158 Å². The summed E-state index contributed by atoms with van der Waals surface area (Å²) in [7, 11) is 1.39. The number of aromatic nitrogens is 4. The smallest absolute Gasteiger partial charge is 0.338 e. The summed E-state index contributed by atoms with van der Waals surface area (Å²) in [5, 5.41) is 11.1. The number of rotatable bonds is 4. The van der Waals surface area contributed by atoms with Gasteiger partial charge in [-0.2, -0.15) is 5.10 Å². The van der Waals surface area contributed by atoms with Gasteiger partial charge >= 0.3 is 5.97 Å². The third kappa shape index (κ3) is 3.18. The number of H-pyrrole nitrogens is 1. The summed E-state index contributed by atoms with van der Waals surface area (Å²) >= 11 is 0. The van der Waals surface area contributed by atoms with Crippen LogP contribution in [0.25, 0.3) is 16.9 Å². The SMILES string of the molecule is COC(=O)c1ccn2c(NC3CCCCC3)c(-c3c(C)n[nH]c3C)nc2c1. The molecule has 142 valence electrons. The number of pyridine rings is 1. The zero-order chi connectivity index (χ0) is 19.0. The molecule has 0 saturated heterocycles. The number of nitrogens with zero attached hydrogens (tertiary/aromatic N) is 3. The fraction of sp³-hybridized carbons (Fsp3) is 0.450. The molecule has 4 rings (SSSR count). The van der Waals surface area contributed by atoms with E-state index in [0.29, 0.717) is 17.3 Å². The van der Waals surface area contributed by atoms with Crippen LogP contribution in [0.1, 0.15) is 53.8 Å². The number of esters is 1. The molecule has 27 heavy (non-hydrogen) atoms. The molecule has 0 radical (unpaired) electrons. The van der Waals surface area contributed by atoms with Crippen molar-refractivity contribution in [2.75, 3.05) is 12.4 Å². The zero-order valence-corrected chi connectivity index (χ0v) is 16.0. The number of carbonyl (C=O) groups excluding carboxylic acids is 1. The van der Waals surface area contributed by atoms with Gasteiger partial charge in [-0.05, 0) is 38.8 Å². The lowest BCUT2D eigenvalue weighted by Crippen LogP contribution is -2.23. The van der Waals surface area contributed by atoms with E-state index in [2.05, 4.69) is 15.5 Å². The molecule has 7 heteroatoms. The number of fused-ring (bicyclic) bond motifs is 1. The first-order chi connectivity index (χ1) is 13.1. The van der Waals surface area contributed by atoms with Crippen molar-refractivity contribution in [1.82, 2.24) is 19.6 Å². The summed E-state index contributed by atoms with van der Waals surface area (Å²) in [6.45, 7) is 3.98. The first-order valence-electron chi connectivity index (χ1n) is 9.47. The molecule has 0 spiro atoms. The quantitative estimate of drug-likeness (QED) is 0.684. The molecule has 0 aliphatic heterocycles. The van der Waals surface area contributed by atoms with Crippen molar-refractivity contribution in [2.24, 2.45) is 0 Å². The lowest BCUT2D eigenvalue weighted by atomic mass is 9.95. The molecule has 7 nitrogen and oxygen atoms in total. The van der Waals surface area contributed by atoms with E-state index in [0.717, 1.165) is 41.3 Å². The van der Waals surface area contributed by atoms with Crippen LogP contribution in [0.3, 0.4) is 0 Å². The van der Waals surface area contributed by atoms with E-state index in [4.69, 9.17) is 9.72 Å². The molecule has 3 aromatic heterocycles. The van der Waals surface area contributed by atoms with Gasteiger partial charge in [0.2, 0.25) is 0 Å². The number of aromatic amines is 1. The molecular weight excluding hydrogens is 342 g/mol. The Balaban J connectivity index is 1.85. The average Bonchev–Trinajstić information content (AvgIpc) is 3.20. The predicted octanol–water partition coefficient (Wildman–Crippen LogP) is 3.87. The topological polar surface area (TPSA) is 84.3 Å². The molecule has 0 atom stereocenters. The Kier molecular flexibility index (Phi) is 4.59. The fourth-order valence-electron chi connectivity index (χ4n) is 3.94. The molecule has 1 fully saturated rings. The fourth-order valence-corrected chi connectivity index (χ4v) is 3.94. The lowest BCUT2D eigenvalue weighted by molar-refractivity contribution is 0.0600. The normalized spacial score (nSPS) is 15.2. The van der Waals surface area contributed by atoms with Crippen molar-refractivity contribution in [3.8, 4) is 11.3 Å². The number of methoxy groups -OCH3 is 1. The maximum absolute atomic E-state index is 11.9. The second-order valence-corrected chi connectivity index (χ2v) is 7.23. The summed E-state index contributed by atoms with van der Waals surface area (Å²) in [4.78, 5) is 16.8. The molecule has 0 bridgehead atoms. The van der Waals surface area contributed by atoms with Gasteiger partial charge in [-0.25, -0.2) is 9.78 Å². The van der Waals surface area contributed by atoms with E-state index >= 15 is 0 Å². The largest absolute Gasteiger partial charge is 0.465 e. The summed E-state index contributed by atoms with van der Waals surface area (Å²) in [5.41, 5.74) is 4.98. The Hall–Kier alpha value is -2.83. The summed E-state index contributed by atoms with van der Waals surface area (Å²) < 4.78 is 6.86. The zero-order valence-electron chi connectivity index (χ0n) is 16.0. The maximum Gasteiger partial charge on any atom is 0.338 e. The molecule has 0 amide bonds. The molecule has 0 aromatic carbocycles. The number of aryl methyl sites for hydroxylation is 2. The maximum atomic E-state index is 11.9. The first kappa shape index (κ1) is 17.6. The highest BCUT2D eigenvalue weighted by Gasteiger charge is 2.23. The Morgan fingerprint density at radius 1 is 1.30 bits per heavy atom. The molecule has 1 saturated carbocycles. The van der Waals surface area contributed by atoms with Crippen LogP contribution in [-0.2, 0) is 4.74 Å². The van der Waals surface area contributed by atoms with Crippen LogP contribution in [0.4, 0.5) is 5.82 Å². The van der Waals surface area contributed by atoms with E-state index in [9.17, 15) is 4.79 Å². The lowest BCUT2D eigenvalue weighted by Gasteiger charge is -2.24. The van der Waals surface area contributed by atoms with Crippen LogP contribution in [0.15, 0.2) is 18.3 Å². The van der Waals surface area contributed by atoms with Gasteiger partial charge < -0.3 is 10.1 Å². The van der Waals surface area contributed by atoms with Crippen molar-refractivity contribution in [1.29, 1.82) is 0 Å². The van der Waals surface area contributed by atoms with Gasteiger partial charge in [-0.15, -0.1) is 0 Å². The van der Waals surface area contributed by atoms with Gasteiger partial charge in [-0.3, -0.25) is 9.50 Å². The van der Waals surface area contributed by atoms with Crippen LogP contribution in [0, 0.1) is 13.8 Å². The minimum Gasteiger partial charge on any atom is -0.465 e. The molecule has 0 unspecified atom stereocenters. The van der Waals surface area contributed by atoms with Gasteiger partial charge in [0.15, 0.2) is 0 Å². The van der Waals surface area contributed by atoms with Crippen LogP contribution in [-0.4, -0.2) is 38.7 Å². The standard InChI is InChI=1S/C20H25N5O2/c1-12-17(13(2)24-23-12)18-19(21-15-7-5-4-6-8-15)25-10-9-14(20(26)27-3)11-16(25)22-18/h9-11,15,21H,4-8H2,1-3H3,(H,23,24). The molecule has 1 aliphatic rings. The van der Waals surface area contributed by atoms with Crippen LogP contribution in [0.5, 0.6) is 0 Å². The van der Waals surface area contributed by atoms with Crippen molar-refractivity contribution >= 4 is 17.4 Å². The minimum atomic E-state index is -0.362. The highest BCUT2D eigenvalue weighted by Crippen LogP contribution is 2.34. The second kappa shape index (κ2) is 7.06. The van der Waals surface area contributed by atoms with Crippen LogP contribution < -0.4 is 5.32 Å². The number of imidazole rings is 1. The van der Waals surface area contributed by atoms with Crippen molar-refractivity contribution < 1.29 is 9.53 Å². The first-order valence-corrected chi connectivity index (χ1v) is 9.47. The van der Waals surface area contributed by atoms with Gasteiger partial charge in [0, 0.05) is 23.5 Å². The number of carbonyl (C=O) groups is 1. The molecular formula is C20H25N5O2. The number of hydrogen-bond acceptors (Lipinski definition) is 5. The van der Waals surface area contributed by atoms with Gasteiger partial charge in [-0.1, -0.05) is 19.3 Å². The van der Waals surface area contributed by atoms with E-state index in [1.54, 1.807) is 12.1 Å². The highest BCUT2D eigenvalue weighted by molar-refractivity contribution is 5.91. The van der Waals surface area contributed by atoms with E-state index in [-0.39, 0.29) is 5.97 Å². The van der Waals surface area contributed by atoms with E-state index in [1.165, 1.54) is 26.4 Å². The van der Waals surface area contributed by atoms with Crippen molar-refractivity contribution in [3.63, 3.8) is 0 Å². The van der Waals surface area contributed by atoms with Crippen molar-refractivity contribution in [2.45, 2.75) is 52.0 Å². The highest BCUT2D eigenvalue weighted by atomic mass is 16.5. The van der Waals surface area contributed by atoms with Crippen molar-refractivity contribution in [3.05, 3.63) is 35.3 Å². The van der Waals surface area contributed by atoms with E-state index in [1.807, 2.05) is 24.4 Å². The number of ether oxygens (including phenoxy) is 1. The molecule has 3 heterocycles. The number of nitrogens with one attached hydrogen (secondary N) is 2. The average molecular weight is 367 g/mol. The molecule has 2 N–H and O–H groups in total. The number of anilines is 1. The monoisotopic (exact) mass is 367 g/mol. The summed E-state index contributed by atoms with van der Waals surface area (Å²) in [6.07, 6.45) is 8.02. The Morgan fingerprint density at radius 3 is 2.74 bits per heavy atom.